The van der Waals surface area contributed by atoms with Gasteiger partial charge in [-0.3, -0.25) is 9.88 Å². The van der Waals surface area contributed by atoms with E-state index in [1.165, 1.54) is 0 Å². The Morgan fingerprint density at radius 2 is 1.80 bits per heavy atom. The van der Waals surface area contributed by atoms with Gasteiger partial charge in [-0.2, -0.15) is 4.98 Å². The van der Waals surface area contributed by atoms with E-state index < -0.39 is 0 Å². The van der Waals surface area contributed by atoms with Gasteiger partial charge in [-0.1, -0.05) is 29.3 Å². The van der Waals surface area contributed by atoms with E-state index in [4.69, 9.17) is 32.7 Å². The summed E-state index contributed by atoms with van der Waals surface area (Å²) >= 11 is 12.2. The number of rotatable bonds is 6. The van der Waals surface area contributed by atoms with E-state index in [-0.39, 0.29) is 0 Å². The number of aromatic nitrogens is 2. The minimum Gasteiger partial charge on any atom is -0.489 e. The Balaban J connectivity index is 1.46. The van der Waals surface area contributed by atoms with E-state index in [2.05, 4.69) is 19.8 Å². The summed E-state index contributed by atoms with van der Waals surface area (Å²) in [5.74, 6) is 1.93. The second kappa shape index (κ2) is 8.56. The van der Waals surface area contributed by atoms with Crippen molar-refractivity contribution in [3.8, 4) is 11.6 Å². The molecule has 0 radical (unpaired) electrons. The monoisotopic (exact) mass is 382 g/mol. The Morgan fingerprint density at radius 1 is 1.08 bits per heavy atom. The molecule has 1 aromatic carbocycles. The summed E-state index contributed by atoms with van der Waals surface area (Å²) in [5, 5.41) is 1.07. The van der Waals surface area contributed by atoms with Crippen LogP contribution in [0.4, 0.5) is 5.82 Å². The van der Waals surface area contributed by atoms with Crippen LogP contribution in [0.3, 0.4) is 0 Å². The average Bonchev–Trinajstić information content (AvgIpc) is 2.65. The standard InChI is InChI=1S/C17H20Cl2N4O2/c1-24-16-12-20-11-15(21-16)23-7-5-22(6-8-23)9-10-25-17-13(18)3-2-4-14(17)19/h2-4,11-12H,5-10H2,1H3. The van der Waals surface area contributed by atoms with Gasteiger partial charge in [-0.05, 0) is 12.1 Å². The van der Waals surface area contributed by atoms with Crippen LogP contribution in [0, 0.1) is 0 Å². The highest BCUT2D eigenvalue weighted by Gasteiger charge is 2.19. The third kappa shape index (κ3) is 4.66. The van der Waals surface area contributed by atoms with Crippen LogP contribution in [0.1, 0.15) is 0 Å². The molecule has 0 unspecified atom stereocenters. The van der Waals surface area contributed by atoms with Gasteiger partial charge >= 0.3 is 0 Å². The number of benzene rings is 1. The van der Waals surface area contributed by atoms with Crippen LogP contribution in [0.25, 0.3) is 0 Å². The molecular formula is C17H20Cl2N4O2. The van der Waals surface area contributed by atoms with Gasteiger partial charge in [-0.25, -0.2) is 0 Å². The number of piperazine rings is 1. The van der Waals surface area contributed by atoms with Crippen LogP contribution in [0.15, 0.2) is 30.6 Å². The van der Waals surface area contributed by atoms with Crippen LogP contribution in [0.2, 0.25) is 10.0 Å². The number of ether oxygens (including phenoxy) is 2. The Kier molecular flexibility index (Phi) is 6.18. The van der Waals surface area contributed by atoms with E-state index in [0.717, 1.165) is 38.5 Å². The molecule has 0 atom stereocenters. The van der Waals surface area contributed by atoms with E-state index >= 15 is 0 Å². The lowest BCUT2D eigenvalue weighted by Gasteiger charge is -2.35. The highest BCUT2D eigenvalue weighted by molar-refractivity contribution is 6.37. The Labute approximate surface area is 157 Å². The fraction of sp³-hybridized carbons (Fsp3) is 0.412. The maximum atomic E-state index is 6.11. The molecule has 134 valence electrons. The molecule has 1 saturated heterocycles. The van der Waals surface area contributed by atoms with Gasteiger partial charge < -0.3 is 14.4 Å². The van der Waals surface area contributed by atoms with Gasteiger partial charge in [0.2, 0.25) is 5.88 Å². The first-order valence-corrected chi connectivity index (χ1v) is 8.83. The van der Waals surface area contributed by atoms with Crippen molar-refractivity contribution in [1.29, 1.82) is 0 Å². The largest absolute Gasteiger partial charge is 0.489 e. The normalized spacial score (nSPS) is 15.2. The van der Waals surface area contributed by atoms with E-state index in [1.54, 1.807) is 37.7 Å². The predicted octanol–water partition coefficient (Wildman–Crippen LogP) is 2.99. The maximum Gasteiger partial charge on any atom is 0.233 e. The molecule has 1 aromatic heterocycles. The molecule has 1 fully saturated rings. The molecule has 1 aliphatic heterocycles. The van der Waals surface area contributed by atoms with Crippen molar-refractivity contribution >= 4 is 29.0 Å². The molecule has 2 aromatic rings. The van der Waals surface area contributed by atoms with Crippen LogP contribution in [-0.4, -0.2) is 61.3 Å². The van der Waals surface area contributed by atoms with Crippen molar-refractivity contribution in [2.75, 3.05) is 51.3 Å². The quantitative estimate of drug-likeness (QED) is 0.765. The maximum absolute atomic E-state index is 6.11. The van der Waals surface area contributed by atoms with Crippen molar-refractivity contribution in [2.24, 2.45) is 0 Å². The molecular weight excluding hydrogens is 363 g/mol. The first-order chi connectivity index (χ1) is 12.2. The topological polar surface area (TPSA) is 50.7 Å². The van der Waals surface area contributed by atoms with E-state index in [1.807, 2.05) is 0 Å². The summed E-state index contributed by atoms with van der Waals surface area (Å²) in [5.41, 5.74) is 0. The summed E-state index contributed by atoms with van der Waals surface area (Å²) < 4.78 is 10.9. The molecule has 6 nitrogen and oxygen atoms in total. The van der Waals surface area contributed by atoms with Crippen molar-refractivity contribution in [3.05, 3.63) is 40.6 Å². The van der Waals surface area contributed by atoms with Gasteiger partial charge in [0.05, 0.1) is 29.5 Å². The Bertz CT molecular complexity index is 689. The van der Waals surface area contributed by atoms with Crippen molar-refractivity contribution in [2.45, 2.75) is 0 Å². The zero-order valence-electron chi connectivity index (χ0n) is 14.0. The molecule has 3 rings (SSSR count). The van der Waals surface area contributed by atoms with Gasteiger partial charge in [0.25, 0.3) is 0 Å². The highest BCUT2D eigenvalue weighted by Crippen LogP contribution is 2.32. The lowest BCUT2D eigenvalue weighted by molar-refractivity contribution is 0.200. The number of hydrogen-bond donors (Lipinski definition) is 0. The van der Waals surface area contributed by atoms with Gasteiger partial charge in [0.15, 0.2) is 11.6 Å². The highest BCUT2D eigenvalue weighted by atomic mass is 35.5. The number of para-hydroxylation sites is 1. The number of anilines is 1. The summed E-state index contributed by atoms with van der Waals surface area (Å²) in [6.07, 6.45) is 3.37. The van der Waals surface area contributed by atoms with Gasteiger partial charge in [-0.15, -0.1) is 0 Å². The third-order valence-corrected chi connectivity index (χ3v) is 4.67. The smallest absolute Gasteiger partial charge is 0.233 e. The van der Waals surface area contributed by atoms with E-state index in [0.29, 0.717) is 28.3 Å². The number of nitrogens with zero attached hydrogens (tertiary/aromatic N) is 4. The molecule has 0 N–H and O–H groups in total. The molecule has 2 heterocycles. The van der Waals surface area contributed by atoms with Crippen LogP contribution in [0.5, 0.6) is 11.6 Å². The first-order valence-electron chi connectivity index (χ1n) is 8.07. The minimum atomic E-state index is 0.532. The van der Waals surface area contributed by atoms with Crippen LogP contribution in [-0.2, 0) is 0 Å². The molecule has 1 aliphatic rings. The molecule has 0 aliphatic carbocycles. The summed E-state index contributed by atoms with van der Waals surface area (Å²) in [7, 11) is 1.59. The predicted molar refractivity (Wildman–Crippen MR) is 99.2 cm³/mol. The van der Waals surface area contributed by atoms with Crippen LogP contribution >= 0.6 is 23.2 Å². The van der Waals surface area contributed by atoms with Crippen LogP contribution < -0.4 is 14.4 Å². The number of methoxy groups -OCH3 is 1. The number of hydrogen-bond acceptors (Lipinski definition) is 6. The first kappa shape index (κ1) is 18.0. The Morgan fingerprint density at radius 3 is 2.48 bits per heavy atom. The van der Waals surface area contributed by atoms with E-state index in [9.17, 15) is 0 Å². The average molecular weight is 383 g/mol. The zero-order chi connectivity index (χ0) is 17.6. The summed E-state index contributed by atoms with van der Waals surface area (Å²) in [6, 6.07) is 5.35. The molecule has 25 heavy (non-hydrogen) atoms. The second-order valence-electron chi connectivity index (χ2n) is 5.65. The molecule has 8 heteroatoms. The summed E-state index contributed by atoms with van der Waals surface area (Å²) in [4.78, 5) is 13.1. The molecule has 0 spiro atoms. The fourth-order valence-corrected chi connectivity index (χ4v) is 3.19. The summed E-state index contributed by atoms with van der Waals surface area (Å²) in [6.45, 7) is 4.99. The lowest BCUT2D eigenvalue weighted by atomic mass is 10.3. The minimum absolute atomic E-state index is 0.532. The van der Waals surface area contributed by atoms with Gasteiger partial charge in [0.1, 0.15) is 6.61 Å². The molecule has 0 bridgehead atoms. The zero-order valence-corrected chi connectivity index (χ0v) is 15.5. The van der Waals surface area contributed by atoms with Gasteiger partial charge in [0, 0.05) is 32.7 Å². The second-order valence-corrected chi connectivity index (χ2v) is 6.46. The molecule has 0 amide bonds. The molecule has 0 saturated carbocycles. The van der Waals surface area contributed by atoms with Crippen molar-refractivity contribution in [3.63, 3.8) is 0 Å². The SMILES string of the molecule is COc1cncc(N2CCN(CCOc3c(Cl)cccc3Cl)CC2)n1. The van der Waals surface area contributed by atoms with Crippen molar-refractivity contribution < 1.29 is 9.47 Å². The Hall–Kier alpha value is -1.76. The lowest BCUT2D eigenvalue weighted by Crippen LogP contribution is -2.47. The number of halogens is 2. The van der Waals surface area contributed by atoms with Crippen molar-refractivity contribution in [1.82, 2.24) is 14.9 Å². The third-order valence-electron chi connectivity index (χ3n) is 4.08. The fourth-order valence-electron chi connectivity index (χ4n) is 2.69.